The van der Waals surface area contributed by atoms with Crippen molar-refractivity contribution >= 4 is 29.4 Å². The zero-order valence-electron chi connectivity index (χ0n) is 24.3. The van der Waals surface area contributed by atoms with E-state index in [9.17, 15) is 27.6 Å². The van der Waals surface area contributed by atoms with Gasteiger partial charge in [0.2, 0.25) is 0 Å². The first-order chi connectivity index (χ1) is 19.8. The number of nitrogens with zero attached hydrogens (tertiary/aromatic N) is 2. The summed E-state index contributed by atoms with van der Waals surface area (Å²) in [4.78, 5) is 49.5. The molecular weight excluding hydrogens is 555 g/mol. The number of alkyl halides is 3. The number of benzene rings is 2. The van der Waals surface area contributed by atoms with E-state index in [1.807, 2.05) is 49.9 Å². The maximum Gasteiger partial charge on any atom is 0.430 e. The number of nitrogens with one attached hydrogen (secondary N) is 1. The Morgan fingerprint density at radius 2 is 1.64 bits per heavy atom. The van der Waals surface area contributed by atoms with E-state index >= 15 is 0 Å². The molecule has 1 saturated heterocycles. The van der Waals surface area contributed by atoms with E-state index in [4.69, 9.17) is 14.6 Å². The number of carboxylic acid groups (broad SMARTS) is 1. The van der Waals surface area contributed by atoms with Crippen LogP contribution in [0.3, 0.4) is 0 Å². The van der Waals surface area contributed by atoms with Crippen molar-refractivity contribution in [2.45, 2.75) is 45.7 Å². The molecule has 0 saturated carbocycles. The lowest BCUT2D eigenvalue weighted by Crippen LogP contribution is -2.60. The molecule has 1 N–H and O–H groups in total. The molecule has 0 spiro atoms. The van der Waals surface area contributed by atoms with Gasteiger partial charge in [0.1, 0.15) is 5.97 Å². The summed E-state index contributed by atoms with van der Waals surface area (Å²) >= 11 is 0. The van der Waals surface area contributed by atoms with E-state index in [2.05, 4.69) is 17.4 Å². The molecule has 2 atom stereocenters. The molecule has 42 heavy (non-hydrogen) atoms. The molecule has 2 unspecified atom stereocenters. The van der Waals surface area contributed by atoms with Crippen molar-refractivity contribution < 1.29 is 46.7 Å². The number of likely N-dealkylation sites (N-methyl/N-ethyl adjacent to an activating group) is 1. The second-order valence-corrected chi connectivity index (χ2v) is 10.2. The summed E-state index contributed by atoms with van der Waals surface area (Å²) in [7, 11) is 1.33. The normalized spacial score (nSPS) is 18.2. The van der Waals surface area contributed by atoms with Gasteiger partial charge in [0.25, 0.3) is 11.8 Å². The predicted octanol–water partition coefficient (Wildman–Crippen LogP) is 3.28. The number of piperidine rings is 1. The van der Waals surface area contributed by atoms with Gasteiger partial charge in [-0.1, -0.05) is 42.5 Å². The molecule has 0 bridgehead atoms. The number of amides is 2. The third-order valence-corrected chi connectivity index (χ3v) is 7.30. The fourth-order valence-electron chi connectivity index (χ4n) is 5.22. The Hall–Kier alpha value is -3.93. The van der Waals surface area contributed by atoms with E-state index < -0.39 is 18.1 Å². The predicted molar refractivity (Wildman–Crippen MR) is 148 cm³/mol. The molecule has 1 aliphatic rings. The van der Waals surface area contributed by atoms with Crippen molar-refractivity contribution in [1.29, 1.82) is 0 Å². The average Bonchev–Trinajstić information content (AvgIpc) is 2.94. The molecule has 1 fully saturated rings. The highest BCUT2D eigenvalue weighted by atomic mass is 19.4. The average molecular weight is 594 g/mol. The number of halogens is 3. The summed E-state index contributed by atoms with van der Waals surface area (Å²) in [6.07, 6.45) is -3.22. The van der Waals surface area contributed by atoms with Crippen LogP contribution in [0.5, 0.6) is 0 Å². The number of ether oxygens (including phenoxy) is 1. The van der Waals surface area contributed by atoms with Gasteiger partial charge in [0, 0.05) is 19.0 Å². The van der Waals surface area contributed by atoms with Gasteiger partial charge in [-0.2, -0.15) is 13.2 Å². The lowest BCUT2D eigenvalue weighted by molar-refractivity contribution is -0.919. The van der Waals surface area contributed by atoms with Gasteiger partial charge in [0.05, 0.1) is 31.5 Å². The molecular formula is C30H38F3N3O6. The molecule has 2 aromatic carbocycles. The van der Waals surface area contributed by atoms with Crippen LogP contribution in [0.15, 0.2) is 48.5 Å². The van der Waals surface area contributed by atoms with Gasteiger partial charge in [-0.25, -0.2) is 4.79 Å². The number of likely N-dealkylation sites (tertiary alicyclic amines) is 1. The van der Waals surface area contributed by atoms with Gasteiger partial charge in [0.15, 0.2) is 13.1 Å². The van der Waals surface area contributed by atoms with Gasteiger partial charge in [-0.15, -0.1) is 0 Å². The van der Waals surface area contributed by atoms with Crippen LogP contribution < -0.4 is 10.4 Å². The SMILES string of the molecule is CCN(CC)C(=O)C[N+]1(CC(=O)Nc2c(C)cccc2C(=O)OC)CCCC(c2ccccc2)C1.O=C([O-])C(F)(F)F. The van der Waals surface area contributed by atoms with Crippen LogP contribution >= 0.6 is 0 Å². The highest BCUT2D eigenvalue weighted by molar-refractivity contribution is 6.02. The Balaban J connectivity index is 0.000000782. The van der Waals surface area contributed by atoms with Crippen molar-refractivity contribution in [1.82, 2.24) is 4.90 Å². The molecule has 0 radical (unpaired) electrons. The smallest absolute Gasteiger partial charge is 0.430 e. The summed E-state index contributed by atoms with van der Waals surface area (Å²) in [6.45, 7) is 9.06. The molecule has 9 nitrogen and oxygen atoms in total. The first-order valence-electron chi connectivity index (χ1n) is 13.7. The summed E-state index contributed by atoms with van der Waals surface area (Å²) in [5.41, 5.74) is 2.83. The van der Waals surface area contributed by atoms with Crippen molar-refractivity contribution in [3.8, 4) is 0 Å². The van der Waals surface area contributed by atoms with Crippen molar-refractivity contribution in [2.24, 2.45) is 0 Å². The number of methoxy groups -OCH3 is 1. The largest absolute Gasteiger partial charge is 0.542 e. The lowest BCUT2D eigenvalue weighted by atomic mass is 9.88. The van der Waals surface area contributed by atoms with E-state index in [0.717, 1.165) is 31.5 Å². The number of carboxylic acids is 1. The monoisotopic (exact) mass is 593 g/mol. The molecule has 0 aromatic heterocycles. The van der Waals surface area contributed by atoms with Gasteiger partial charge in [-0.3, -0.25) is 9.59 Å². The van der Waals surface area contributed by atoms with Crippen LogP contribution in [0.4, 0.5) is 18.9 Å². The number of carbonyl (C=O) groups is 4. The molecule has 1 heterocycles. The van der Waals surface area contributed by atoms with Gasteiger partial charge < -0.3 is 29.3 Å². The minimum absolute atomic E-state index is 0.0719. The highest BCUT2D eigenvalue weighted by Crippen LogP contribution is 2.32. The number of esters is 1. The Morgan fingerprint density at radius 1 is 1.02 bits per heavy atom. The van der Waals surface area contributed by atoms with Crippen LogP contribution in [-0.4, -0.2) is 85.7 Å². The van der Waals surface area contributed by atoms with Crippen LogP contribution in [0.25, 0.3) is 0 Å². The third kappa shape index (κ3) is 9.57. The quantitative estimate of drug-likeness (QED) is 0.353. The van der Waals surface area contributed by atoms with E-state index in [0.29, 0.717) is 28.8 Å². The minimum Gasteiger partial charge on any atom is -0.542 e. The van der Waals surface area contributed by atoms with Gasteiger partial charge >= 0.3 is 12.1 Å². The summed E-state index contributed by atoms with van der Waals surface area (Å²) in [5, 5.41) is 11.8. The van der Waals surface area contributed by atoms with E-state index in [-0.39, 0.29) is 30.8 Å². The third-order valence-electron chi connectivity index (χ3n) is 7.30. The molecule has 2 aromatic rings. The number of hydrogen-bond donors (Lipinski definition) is 1. The Morgan fingerprint density at radius 3 is 2.19 bits per heavy atom. The summed E-state index contributed by atoms with van der Waals surface area (Å²) < 4.78 is 36.9. The molecule has 0 aliphatic carbocycles. The second kappa shape index (κ2) is 15.3. The fourth-order valence-corrected chi connectivity index (χ4v) is 5.22. The summed E-state index contributed by atoms with van der Waals surface area (Å²) in [6, 6.07) is 15.6. The summed E-state index contributed by atoms with van der Waals surface area (Å²) in [5.74, 6) is -3.35. The number of anilines is 1. The first kappa shape index (κ1) is 34.3. The van der Waals surface area contributed by atoms with Crippen LogP contribution in [-0.2, 0) is 19.1 Å². The second-order valence-electron chi connectivity index (χ2n) is 10.2. The zero-order valence-corrected chi connectivity index (χ0v) is 24.3. The fraction of sp³-hybridized carbons (Fsp3) is 0.467. The molecule has 2 amide bonds. The van der Waals surface area contributed by atoms with E-state index in [1.54, 1.807) is 12.1 Å². The minimum atomic E-state index is -5.19. The zero-order chi connectivity index (χ0) is 31.5. The Labute approximate surface area is 243 Å². The maximum atomic E-state index is 13.4. The number of rotatable bonds is 9. The number of para-hydroxylation sites is 1. The highest BCUT2D eigenvalue weighted by Gasteiger charge is 2.40. The Bertz CT molecular complexity index is 1230. The van der Waals surface area contributed by atoms with Crippen molar-refractivity contribution in [3.63, 3.8) is 0 Å². The number of aryl methyl sites for hydroxylation is 1. The number of quaternary nitrogens is 1. The van der Waals surface area contributed by atoms with Crippen LogP contribution in [0.1, 0.15) is 54.1 Å². The molecule has 1 aliphatic heterocycles. The standard InChI is InChI=1S/C28H37N3O4.C2HF3O2/c1-5-30(6-2)26(33)20-31(17-11-15-23(18-31)22-13-8-7-9-14-22)19-25(32)29-27-21(3)12-10-16-24(27)28(34)35-4;3-2(4,5)1(6)7/h7-10,12-14,16,23H,5-6,11,15,17-20H2,1-4H3;(H,6,7). The van der Waals surface area contributed by atoms with Crippen molar-refractivity contribution in [2.75, 3.05) is 51.7 Å². The first-order valence-corrected chi connectivity index (χ1v) is 13.7. The van der Waals surface area contributed by atoms with Gasteiger partial charge in [-0.05, 0) is 50.8 Å². The number of aliphatic carboxylic acids is 1. The number of hydrogen-bond acceptors (Lipinski definition) is 6. The van der Waals surface area contributed by atoms with E-state index in [1.165, 1.54) is 12.7 Å². The topological polar surface area (TPSA) is 116 Å². The molecule has 12 heteroatoms. The van der Waals surface area contributed by atoms with Crippen LogP contribution in [0.2, 0.25) is 0 Å². The maximum absolute atomic E-state index is 13.4. The number of carbonyl (C=O) groups excluding carboxylic acids is 4. The molecule has 230 valence electrons. The lowest BCUT2D eigenvalue weighted by Gasteiger charge is -2.44. The Kier molecular flexibility index (Phi) is 12.5. The van der Waals surface area contributed by atoms with Crippen LogP contribution in [0, 0.1) is 6.92 Å². The van der Waals surface area contributed by atoms with Crippen molar-refractivity contribution in [3.05, 3.63) is 65.2 Å². The molecule has 3 rings (SSSR count).